The van der Waals surface area contributed by atoms with E-state index in [1.165, 1.54) is 70.4 Å². The highest BCUT2D eigenvalue weighted by molar-refractivity contribution is 5.05. The second-order valence-electron chi connectivity index (χ2n) is 7.84. The number of rotatable bonds is 4. The van der Waals surface area contributed by atoms with Crippen molar-refractivity contribution < 1.29 is 0 Å². The van der Waals surface area contributed by atoms with Gasteiger partial charge in [-0.15, -0.1) is 0 Å². The topological polar surface area (TPSA) is 24.3 Å². The normalized spacial score (nSPS) is 33.4. The number of nitrogens with zero attached hydrogens (tertiary/aromatic N) is 4. The van der Waals surface area contributed by atoms with Crippen LogP contribution >= 0.6 is 0 Å². The van der Waals surface area contributed by atoms with Crippen molar-refractivity contribution in [3.8, 4) is 0 Å². The van der Waals surface area contributed by atoms with Crippen LogP contribution in [0.4, 0.5) is 0 Å². The molecule has 4 rings (SSSR count). The maximum atomic E-state index is 4.32. The Morgan fingerprint density at radius 3 is 2.73 bits per heavy atom. The van der Waals surface area contributed by atoms with E-state index in [9.17, 15) is 0 Å². The zero-order chi connectivity index (χ0) is 14.9. The van der Waals surface area contributed by atoms with Gasteiger partial charge in [-0.1, -0.05) is 6.42 Å². The molecule has 2 aliphatic heterocycles. The van der Waals surface area contributed by atoms with Gasteiger partial charge in [0.2, 0.25) is 0 Å². The van der Waals surface area contributed by atoms with E-state index in [-0.39, 0.29) is 0 Å². The molecule has 1 saturated carbocycles. The molecule has 4 heteroatoms. The van der Waals surface area contributed by atoms with Gasteiger partial charge in [-0.3, -0.25) is 9.58 Å². The predicted octanol–water partition coefficient (Wildman–Crippen LogP) is 2.36. The van der Waals surface area contributed by atoms with Crippen LogP contribution in [0.1, 0.15) is 37.7 Å². The van der Waals surface area contributed by atoms with Crippen LogP contribution in [0.2, 0.25) is 0 Å². The molecule has 0 radical (unpaired) electrons. The van der Waals surface area contributed by atoms with Gasteiger partial charge in [0.15, 0.2) is 0 Å². The molecule has 3 atom stereocenters. The minimum absolute atomic E-state index is 0.950. The largest absolute Gasteiger partial charge is 0.303 e. The number of fused-ring (bicyclic) bond motifs is 1. The average Bonchev–Trinajstić information content (AvgIpc) is 3.21. The highest BCUT2D eigenvalue weighted by Crippen LogP contribution is 2.41. The van der Waals surface area contributed by atoms with Crippen molar-refractivity contribution in [1.82, 2.24) is 19.6 Å². The van der Waals surface area contributed by atoms with Crippen molar-refractivity contribution >= 4 is 0 Å². The molecule has 1 aliphatic carbocycles. The Morgan fingerprint density at radius 2 is 1.95 bits per heavy atom. The summed E-state index contributed by atoms with van der Waals surface area (Å²) in [6.07, 6.45) is 11.4. The third-order valence-electron chi connectivity index (χ3n) is 6.18. The maximum Gasteiger partial charge on any atom is 0.0534 e. The van der Waals surface area contributed by atoms with E-state index in [1.807, 2.05) is 17.9 Å². The molecule has 0 bridgehead atoms. The first kappa shape index (κ1) is 14.7. The summed E-state index contributed by atoms with van der Waals surface area (Å²) >= 11 is 0. The van der Waals surface area contributed by atoms with Crippen LogP contribution in [0.15, 0.2) is 12.4 Å². The quantitative estimate of drug-likeness (QED) is 0.853. The molecule has 0 spiro atoms. The summed E-state index contributed by atoms with van der Waals surface area (Å²) in [7, 11) is 2.01. The number of aryl methyl sites for hydroxylation is 1. The summed E-state index contributed by atoms with van der Waals surface area (Å²) in [6, 6.07) is 0. The summed E-state index contributed by atoms with van der Waals surface area (Å²) in [4.78, 5) is 5.42. The molecule has 3 fully saturated rings. The van der Waals surface area contributed by atoms with Gasteiger partial charge in [0, 0.05) is 45.0 Å². The minimum atomic E-state index is 0.950. The van der Waals surface area contributed by atoms with Gasteiger partial charge in [0.1, 0.15) is 0 Å². The fourth-order valence-corrected chi connectivity index (χ4v) is 5.15. The molecule has 0 unspecified atom stereocenters. The molecule has 122 valence electrons. The number of aromatic nitrogens is 2. The molecule has 2 saturated heterocycles. The highest BCUT2D eigenvalue weighted by atomic mass is 15.2. The van der Waals surface area contributed by atoms with Crippen molar-refractivity contribution in [3.63, 3.8) is 0 Å². The van der Waals surface area contributed by atoms with Gasteiger partial charge in [-0.05, 0) is 56.5 Å². The number of hydrogen-bond donors (Lipinski definition) is 0. The van der Waals surface area contributed by atoms with Crippen molar-refractivity contribution in [1.29, 1.82) is 0 Å². The monoisotopic (exact) mass is 302 g/mol. The zero-order valence-corrected chi connectivity index (χ0v) is 14.0. The van der Waals surface area contributed by atoms with Crippen molar-refractivity contribution in [2.24, 2.45) is 24.8 Å². The Labute approximate surface area is 134 Å². The Bertz CT molecular complexity index is 491. The third kappa shape index (κ3) is 3.09. The summed E-state index contributed by atoms with van der Waals surface area (Å²) in [6.45, 7) is 7.81. The highest BCUT2D eigenvalue weighted by Gasteiger charge is 2.40. The lowest BCUT2D eigenvalue weighted by Gasteiger charge is -2.35. The molecular weight excluding hydrogens is 272 g/mol. The Morgan fingerprint density at radius 1 is 1.09 bits per heavy atom. The second kappa shape index (κ2) is 6.32. The van der Waals surface area contributed by atoms with Gasteiger partial charge in [-0.2, -0.15) is 5.10 Å². The smallest absolute Gasteiger partial charge is 0.0534 e. The van der Waals surface area contributed by atoms with Gasteiger partial charge in [0.05, 0.1) is 6.20 Å². The molecule has 0 amide bonds. The Hall–Kier alpha value is -0.870. The lowest BCUT2D eigenvalue weighted by Crippen LogP contribution is -2.36. The molecule has 3 aliphatic rings. The van der Waals surface area contributed by atoms with Gasteiger partial charge in [-0.25, -0.2) is 0 Å². The van der Waals surface area contributed by atoms with E-state index >= 15 is 0 Å². The van der Waals surface area contributed by atoms with Crippen LogP contribution in [0.5, 0.6) is 0 Å². The van der Waals surface area contributed by atoms with Gasteiger partial charge < -0.3 is 4.90 Å². The van der Waals surface area contributed by atoms with Crippen LogP contribution < -0.4 is 0 Å². The standard InChI is InChI=1S/C18H30N4/c1-20-10-15(9-19-20)11-22-13-17-6-4-5-16(18(17)14-22)12-21-7-2-3-8-21/h9-10,16-18H,2-8,11-14H2,1H3/t16-,17+,18+/m1/s1. The molecular formula is C18H30N4. The zero-order valence-electron chi connectivity index (χ0n) is 14.0. The fourth-order valence-electron chi connectivity index (χ4n) is 5.15. The van der Waals surface area contributed by atoms with E-state index in [0.717, 1.165) is 24.3 Å². The Balaban J connectivity index is 1.37. The van der Waals surface area contributed by atoms with E-state index in [0.29, 0.717) is 0 Å². The van der Waals surface area contributed by atoms with Crippen LogP contribution in [-0.4, -0.2) is 52.3 Å². The minimum Gasteiger partial charge on any atom is -0.303 e. The molecule has 1 aromatic rings. The fraction of sp³-hybridized carbons (Fsp3) is 0.833. The second-order valence-corrected chi connectivity index (χ2v) is 7.84. The van der Waals surface area contributed by atoms with Crippen LogP contribution in [0.3, 0.4) is 0 Å². The maximum absolute atomic E-state index is 4.32. The molecule has 4 nitrogen and oxygen atoms in total. The first-order valence-corrected chi connectivity index (χ1v) is 9.20. The molecule has 0 aromatic carbocycles. The average molecular weight is 302 g/mol. The van der Waals surface area contributed by atoms with Crippen molar-refractivity contribution in [3.05, 3.63) is 18.0 Å². The van der Waals surface area contributed by atoms with Gasteiger partial charge in [0.25, 0.3) is 0 Å². The lowest BCUT2D eigenvalue weighted by molar-refractivity contribution is 0.146. The van der Waals surface area contributed by atoms with Crippen molar-refractivity contribution in [2.45, 2.75) is 38.6 Å². The summed E-state index contributed by atoms with van der Waals surface area (Å²) in [5.41, 5.74) is 1.37. The predicted molar refractivity (Wildman–Crippen MR) is 88.5 cm³/mol. The summed E-state index contributed by atoms with van der Waals surface area (Å²) in [5, 5.41) is 4.32. The van der Waals surface area contributed by atoms with Crippen molar-refractivity contribution in [2.75, 3.05) is 32.7 Å². The number of likely N-dealkylation sites (tertiary alicyclic amines) is 2. The van der Waals surface area contributed by atoms with Gasteiger partial charge >= 0.3 is 0 Å². The van der Waals surface area contributed by atoms with E-state index in [2.05, 4.69) is 21.1 Å². The molecule has 0 N–H and O–H groups in total. The lowest BCUT2D eigenvalue weighted by atomic mass is 9.73. The third-order valence-corrected chi connectivity index (χ3v) is 6.18. The van der Waals surface area contributed by atoms with Crippen LogP contribution in [0.25, 0.3) is 0 Å². The Kier molecular flexibility index (Phi) is 4.23. The first-order chi connectivity index (χ1) is 10.8. The number of hydrogen-bond acceptors (Lipinski definition) is 3. The molecule has 1 aromatic heterocycles. The molecule has 3 heterocycles. The molecule has 22 heavy (non-hydrogen) atoms. The van der Waals surface area contributed by atoms with Crippen LogP contribution in [-0.2, 0) is 13.6 Å². The van der Waals surface area contributed by atoms with E-state index in [4.69, 9.17) is 0 Å². The van der Waals surface area contributed by atoms with Crippen LogP contribution in [0, 0.1) is 17.8 Å². The SMILES string of the molecule is Cn1cc(CN2C[C@@H]3CCC[C@H](CN4CCCC4)[C@@H]3C2)cn1. The summed E-state index contributed by atoms with van der Waals surface area (Å²) in [5.74, 6) is 2.86. The summed E-state index contributed by atoms with van der Waals surface area (Å²) < 4.78 is 1.93. The van der Waals surface area contributed by atoms with E-state index in [1.54, 1.807) is 0 Å². The van der Waals surface area contributed by atoms with E-state index < -0.39 is 0 Å². The first-order valence-electron chi connectivity index (χ1n) is 9.20.